The number of phenolic OH excluding ortho intramolecular Hbond substituents is 1. The maximum Gasteiger partial charge on any atom is 0.271 e. The zero-order valence-corrected chi connectivity index (χ0v) is 21.2. The molecule has 0 aliphatic carbocycles. The normalized spacial score (nSPS) is 16.3. The monoisotopic (exact) mass is 527 g/mol. The number of aromatic hydroxyl groups is 1. The van der Waals surface area contributed by atoms with Crippen molar-refractivity contribution in [3.05, 3.63) is 82.7 Å². The topological polar surface area (TPSA) is 136 Å². The fraction of sp³-hybridized carbons (Fsp3) is 0.222. The number of hydrazone groups is 1. The molecule has 1 atom stereocenters. The lowest BCUT2D eigenvalue weighted by Crippen LogP contribution is -2.35. The van der Waals surface area contributed by atoms with Gasteiger partial charge in [0.05, 0.1) is 19.0 Å². The third kappa shape index (κ3) is 4.50. The number of carbonyl (C=O) groups is 1. The third-order valence-electron chi connectivity index (χ3n) is 6.78. The van der Waals surface area contributed by atoms with Crippen molar-refractivity contribution in [2.75, 3.05) is 27.5 Å². The van der Waals surface area contributed by atoms with Gasteiger partial charge in [0.15, 0.2) is 17.3 Å². The molecule has 2 N–H and O–H groups in total. The number of nitrogens with zero attached hydrogens (tertiary/aromatic N) is 6. The van der Waals surface area contributed by atoms with Crippen LogP contribution < -0.4 is 19.6 Å². The smallest absolute Gasteiger partial charge is 0.271 e. The van der Waals surface area contributed by atoms with Crippen LogP contribution in [0.5, 0.6) is 23.0 Å². The summed E-state index contributed by atoms with van der Waals surface area (Å²) in [6, 6.07) is 15.1. The minimum atomic E-state index is -0.365. The molecule has 2 aliphatic heterocycles. The van der Waals surface area contributed by atoms with Gasteiger partial charge in [0.1, 0.15) is 11.8 Å². The largest absolute Gasteiger partial charge is 0.508 e. The van der Waals surface area contributed by atoms with E-state index in [1.807, 2.05) is 13.1 Å². The number of fused-ring (bicyclic) bond motifs is 2. The molecule has 12 heteroatoms. The molecule has 4 aromatic rings. The minimum absolute atomic E-state index is 0.148. The van der Waals surface area contributed by atoms with Gasteiger partial charge in [-0.1, -0.05) is 0 Å². The highest BCUT2D eigenvalue weighted by Crippen LogP contribution is 2.50. The van der Waals surface area contributed by atoms with E-state index in [1.54, 1.807) is 60.3 Å². The number of methoxy groups -OCH3 is 1. The molecule has 1 aromatic heterocycles. The Morgan fingerprint density at radius 1 is 1.18 bits per heavy atom. The Bertz CT molecular complexity index is 1550. The van der Waals surface area contributed by atoms with Crippen molar-refractivity contribution in [1.82, 2.24) is 30.5 Å². The predicted molar refractivity (Wildman–Crippen MR) is 140 cm³/mol. The average molecular weight is 528 g/mol. The zero-order valence-electron chi connectivity index (χ0n) is 21.2. The van der Waals surface area contributed by atoms with Crippen molar-refractivity contribution in [1.29, 1.82) is 0 Å². The van der Waals surface area contributed by atoms with Crippen molar-refractivity contribution in [3.8, 4) is 28.7 Å². The number of nitrogens with one attached hydrogen (secondary N) is 1. The van der Waals surface area contributed by atoms with Gasteiger partial charge in [0.25, 0.3) is 5.91 Å². The molecule has 0 saturated carbocycles. The molecule has 0 fully saturated rings. The van der Waals surface area contributed by atoms with Gasteiger partial charge in [0.2, 0.25) is 12.5 Å². The lowest BCUT2D eigenvalue weighted by Gasteiger charge is -2.34. The molecule has 0 spiro atoms. The molecule has 0 saturated heterocycles. The van der Waals surface area contributed by atoms with Crippen LogP contribution in [-0.4, -0.2) is 69.8 Å². The summed E-state index contributed by atoms with van der Waals surface area (Å²) < 4.78 is 18.8. The van der Waals surface area contributed by atoms with E-state index in [4.69, 9.17) is 14.2 Å². The van der Waals surface area contributed by atoms with Crippen molar-refractivity contribution >= 4 is 12.1 Å². The van der Waals surface area contributed by atoms with Crippen molar-refractivity contribution in [2.45, 2.75) is 12.5 Å². The third-order valence-corrected chi connectivity index (χ3v) is 6.78. The molecule has 2 aliphatic rings. The van der Waals surface area contributed by atoms with Crippen LogP contribution in [0.4, 0.5) is 0 Å². The summed E-state index contributed by atoms with van der Waals surface area (Å²) in [6.07, 6.45) is 2.31. The van der Waals surface area contributed by atoms with Crippen LogP contribution in [0.1, 0.15) is 38.9 Å². The quantitative estimate of drug-likeness (QED) is 0.286. The van der Waals surface area contributed by atoms with E-state index in [9.17, 15) is 9.90 Å². The highest BCUT2D eigenvalue weighted by Gasteiger charge is 2.37. The average Bonchev–Trinajstić information content (AvgIpc) is 3.63. The van der Waals surface area contributed by atoms with Gasteiger partial charge in [-0.3, -0.25) is 9.69 Å². The molecular formula is C27H25N7O5. The molecule has 39 heavy (non-hydrogen) atoms. The summed E-state index contributed by atoms with van der Waals surface area (Å²) in [5.74, 6) is 2.27. The summed E-state index contributed by atoms with van der Waals surface area (Å²) >= 11 is 0. The van der Waals surface area contributed by atoms with E-state index >= 15 is 0 Å². The van der Waals surface area contributed by atoms with Gasteiger partial charge < -0.3 is 19.3 Å². The number of rotatable bonds is 6. The maximum atomic E-state index is 12.6. The number of tetrazole rings is 1. The van der Waals surface area contributed by atoms with Crippen LogP contribution in [-0.2, 0) is 6.42 Å². The van der Waals surface area contributed by atoms with Crippen molar-refractivity contribution < 1.29 is 24.1 Å². The van der Waals surface area contributed by atoms with Crippen molar-refractivity contribution in [2.24, 2.45) is 5.10 Å². The number of ether oxygens (including phenoxy) is 3. The number of aromatic nitrogens is 4. The molecule has 6 rings (SSSR count). The number of carbonyl (C=O) groups excluding carboxylic acids is 1. The fourth-order valence-corrected chi connectivity index (χ4v) is 4.85. The number of likely N-dealkylation sites (N-methyl/N-ethyl adjacent to an activating group) is 1. The summed E-state index contributed by atoms with van der Waals surface area (Å²) in [4.78, 5) is 14.8. The predicted octanol–water partition coefficient (Wildman–Crippen LogP) is 2.45. The first-order chi connectivity index (χ1) is 19.0. The van der Waals surface area contributed by atoms with E-state index in [0.717, 1.165) is 29.7 Å². The number of benzene rings is 3. The first-order valence-electron chi connectivity index (χ1n) is 12.2. The number of hydrogen-bond donors (Lipinski definition) is 2. The van der Waals surface area contributed by atoms with E-state index in [0.29, 0.717) is 34.3 Å². The second kappa shape index (κ2) is 10.1. The molecule has 0 unspecified atom stereocenters. The standard InChI is InChI=1S/C27H25N7O5/c1-33-12-11-18-13-21-24(39-15-38-21)25(37-2)22(18)23(33)26-29-31-32-34(26)19-7-5-17(6-8-19)27(36)30-28-14-16-3-9-20(35)10-4-16/h3-10,13-14,23,35H,11-12,15H2,1-2H3,(H,30,36)/t23-/m1/s1. The van der Waals surface area contributed by atoms with Crippen molar-refractivity contribution in [3.63, 3.8) is 0 Å². The Hall–Kier alpha value is -4.97. The lowest BCUT2D eigenvalue weighted by molar-refractivity contribution is 0.0955. The number of amides is 1. The highest BCUT2D eigenvalue weighted by atomic mass is 16.7. The van der Waals surface area contributed by atoms with Crippen LogP contribution in [0, 0.1) is 0 Å². The van der Waals surface area contributed by atoms with Gasteiger partial charge >= 0.3 is 0 Å². The molecule has 12 nitrogen and oxygen atoms in total. The SMILES string of the molecule is COc1c2c(cc3c1[C@H](c1nnnn1-c1ccc(C(=O)NN=Cc4ccc(O)cc4)cc1)N(C)CC3)OCO2. The van der Waals surface area contributed by atoms with E-state index < -0.39 is 0 Å². The Balaban J connectivity index is 1.26. The van der Waals surface area contributed by atoms with Gasteiger partial charge in [-0.2, -0.15) is 9.78 Å². The Morgan fingerprint density at radius 3 is 2.74 bits per heavy atom. The maximum absolute atomic E-state index is 12.6. The zero-order chi connectivity index (χ0) is 26.9. The fourth-order valence-electron chi connectivity index (χ4n) is 4.85. The van der Waals surface area contributed by atoms with Gasteiger partial charge in [-0.25, -0.2) is 5.43 Å². The summed E-state index contributed by atoms with van der Waals surface area (Å²) in [5, 5.41) is 26.0. The number of phenols is 1. The Labute approximate surface area is 223 Å². The molecular weight excluding hydrogens is 502 g/mol. The summed E-state index contributed by atoms with van der Waals surface area (Å²) in [7, 11) is 3.63. The Kier molecular flexibility index (Phi) is 6.29. The highest BCUT2D eigenvalue weighted by molar-refractivity contribution is 5.95. The summed E-state index contributed by atoms with van der Waals surface area (Å²) in [5.41, 5.74) is 6.39. The Morgan fingerprint density at radius 2 is 1.97 bits per heavy atom. The number of hydrogen-bond acceptors (Lipinski definition) is 10. The van der Waals surface area contributed by atoms with E-state index in [-0.39, 0.29) is 24.5 Å². The molecule has 198 valence electrons. The molecule has 3 heterocycles. The van der Waals surface area contributed by atoms with Crippen LogP contribution >= 0.6 is 0 Å². The minimum Gasteiger partial charge on any atom is -0.508 e. The van der Waals surface area contributed by atoms with E-state index in [1.165, 1.54) is 6.21 Å². The van der Waals surface area contributed by atoms with Crippen LogP contribution in [0.25, 0.3) is 5.69 Å². The van der Waals surface area contributed by atoms with Crippen LogP contribution in [0.3, 0.4) is 0 Å². The van der Waals surface area contributed by atoms with Gasteiger partial charge in [-0.15, -0.1) is 5.10 Å². The second-order valence-electron chi connectivity index (χ2n) is 9.14. The molecule has 1 amide bonds. The molecule has 0 radical (unpaired) electrons. The summed E-state index contributed by atoms with van der Waals surface area (Å²) in [6.45, 7) is 0.936. The second-order valence-corrected chi connectivity index (χ2v) is 9.14. The molecule has 3 aromatic carbocycles. The van der Waals surface area contributed by atoms with Gasteiger partial charge in [0, 0.05) is 17.7 Å². The lowest BCUT2D eigenvalue weighted by atomic mass is 9.90. The first kappa shape index (κ1) is 24.4. The van der Waals surface area contributed by atoms with Gasteiger partial charge in [-0.05, 0) is 89.6 Å². The molecule has 0 bridgehead atoms. The van der Waals surface area contributed by atoms with Crippen LogP contribution in [0.15, 0.2) is 59.7 Å². The van der Waals surface area contributed by atoms with Crippen LogP contribution in [0.2, 0.25) is 0 Å². The van der Waals surface area contributed by atoms with E-state index in [2.05, 4.69) is 31.0 Å². The first-order valence-corrected chi connectivity index (χ1v) is 12.2.